The monoisotopic (exact) mass is 453 g/mol. The molecule has 0 saturated heterocycles. The van der Waals surface area contributed by atoms with Crippen LogP contribution in [0.1, 0.15) is 45.1 Å². The maximum Gasteiger partial charge on any atom is 0.280 e. The van der Waals surface area contributed by atoms with Crippen molar-refractivity contribution in [2.45, 2.75) is 46.1 Å². The van der Waals surface area contributed by atoms with Gasteiger partial charge >= 0.3 is 0 Å². The van der Waals surface area contributed by atoms with E-state index >= 15 is 0 Å². The van der Waals surface area contributed by atoms with Crippen molar-refractivity contribution in [3.05, 3.63) is 38.6 Å². The van der Waals surface area contributed by atoms with Crippen LogP contribution < -0.4 is 25.1 Å². The maximum atomic E-state index is 11.9. The molecule has 0 bridgehead atoms. The summed E-state index contributed by atoms with van der Waals surface area (Å²) in [4.78, 5) is 11.9. The minimum atomic E-state index is -0.318. The highest BCUT2D eigenvalue weighted by molar-refractivity contribution is 9.10. The molecule has 7 nitrogen and oxygen atoms in total. The Labute approximate surface area is 173 Å². The first-order chi connectivity index (χ1) is 13.6. The first kappa shape index (κ1) is 22.1. The third-order valence-corrected chi connectivity index (χ3v) is 4.79. The molecule has 8 heteroatoms. The zero-order valence-electron chi connectivity index (χ0n) is 16.6. The molecule has 0 atom stereocenters. The minimum absolute atomic E-state index is 0.318. The Bertz CT molecular complexity index is 811. The number of nitrogens with one attached hydrogen (secondary N) is 2. The van der Waals surface area contributed by atoms with E-state index in [0.717, 1.165) is 31.2 Å². The molecule has 154 valence electrons. The number of nitrogens with zero attached hydrogens (tertiary/aromatic N) is 1. The summed E-state index contributed by atoms with van der Waals surface area (Å²) in [5.74, 6) is 1.77. The Morgan fingerprint density at radius 1 is 1.11 bits per heavy atom. The van der Waals surface area contributed by atoms with Gasteiger partial charge in [-0.05, 0) is 46.5 Å². The van der Waals surface area contributed by atoms with E-state index < -0.39 is 0 Å². The lowest BCUT2D eigenvalue weighted by atomic mass is 10.2. The standard InChI is InChI=1S/C20H28BrN3O4/c1-4-6-7-11-27-16-12-14(8-9-15(16)26-3)13-22-18-17(21)19(25)23-24-20(18)28-10-5-2/h8-9,12H,4-7,10-11,13H2,1-3H3,(H2,22,23,25). The van der Waals surface area contributed by atoms with Crippen molar-refractivity contribution in [1.29, 1.82) is 0 Å². The third kappa shape index (κ3) is 6.15. The molecule has 0 fully saturated rings. The average molecular weight is 454 g/mol. The number of benzene rings is 1. The summed E-state index contributed by atoms with van der Waals surface area (Å²) < 4.78 is 17.3. The highest BCUT2D eigenvalue weighted by Crippen LogP contribution is 2.31. The van der Waals surface area contributed by atoms with Crippen LogP contribution in [0.5, 0.6) is 17.4 Å². The van der Waals surface area contributed by atoms with Crippen molar-refractivity contribution in [3.8, 4) is 17.4 Å². The van der Waals surface area contributed by atoms with E-state index in [1.165, 1.54) is 0 Å². The number of ether oxygens (including phenoxy) is 3. The van der Waals surface area contributed by atoms with Gasteiger partial charge in [0.1, 0.15) is 10.2 Å². The number of rotatable bonds is 12. The number of anilines is 1. The summed E-state index contributed by atoms with van der Waals surface area (Å²) in [5, 5.41) is 9.65. The van der Waals surface area contributed by atoms with Gasteiger partial charge < -0.3 is 19.5 Å². The van der Waals surface area contributed by atoms with Crippen LogP contribution >= 0.6 is 15.9 Å². The summed E-state index contributed by atoms with van der Waals surface area (Å²) in [6, 6.07) is 5.77. The first-order valence-corrected chi connectivity index (χ1v) is 10.3. The first-order valence-electron chi connectivity index (χ1n) is 9.55. The van der Waals surface area contributed by atoms with Gasteiger partial charge in [0, 0.05) is 6.54 Å². The summed E-state index contributed by atoms with van der Waals surface area (Å²) in [6.45, 7) is 5.81. The number of methoxy groups -OCH3 is 1. The van der Waals surface area contributed by atoms with Gasteiger partial charge in [-0.15, -0.1) is 5.10 Å². The van der Waals surface area contributed by atoms with Crippen LogP contribution in [0.2, 0.25) is 0 Å². The van der Waals surface area contributed by atoms with E-state index in [4.69, 9.17) is 14.2 Å². The summed E-state index contributed by atoms with van der Waals surface area (Å²) in [5.41, 5.74) is 1.19. The van der Waals surface area contributed by atoms with Crippen molar-refractivity contribution in [3.63, 3.8) is 0 Å². The van der Waals surface area contributed by atoms with Crippen LogP contribution in [-0.2, 0) is 6.54 Å². The van der Waals surface area contributed by atoms with Gasteiger partial charge in [-0.2, -0.15) is 0 Å². The van der Waals surface area contributed by atoms with Crippen LogP contribution in [0.15, 0.2) is 27.5 Å². The van der Waals surface area contributed by atoms with Crippen LogP contribution in [-0.4, -0.2) is 30.5 Å². The number of aromatic nitrogens is 2. The molecule has 1 heterocycles. The number of hydrogen-bond donors (Lipinski definition) is 2. The van der Waals surface area contributed by atoms with Gasteiger partial charge in [0.05, 0.1) is 20.3 Å². The molecule has 2 aromatic rings. The highest BCUT2D eigenvalue weighted by Gasteiger charge is 2.14. The van der Waals surface area contributed by atoms with Crippen molar-refractivity contribution in [2.24, 2.45) is 0 Å². The zero-order chi connectivity index (χ0) is 20.4. The Balaban J connectivity index is 2.13. The van der Waals surface area contributed by atoms with Gasteiger partial charge in [0.2, 0.25) is 0 Å². The molecule has 0 aliphatic heterocycles. The van der Waals surface area contributed by atoms with Gasteiger partial charge in [0.25, 0.3) is 11.4 Å². The average Bonchev–Trinajstić information content (AvgIpc) is 2.71. The predicted molar refractivity (Wildman–Crippen MR) is 114 cm³/mol. The van der Waals surface area contributed by atoms with Crippen molar-refractivity contribution in [1.82, 2.24) is 10.2 Å². The lowest BCUT2D eigenvalue weighted by Crippen LogP contribution is -2.15. The molecule has 0 unspecified atom stereocenters. The smallest absolute Gasteiger partial charge is 0.280 e. The second-order valence-electron chi connectivity index (χ2n) is 6.29. The number of unbranched alkanes of at least 4 members (excludes halogenated alkanes) is 2. The van der Waals surface area contributed by atoms with E-state index in [1.54, 1.807) is 7.11 Å². The highest BCUT2D eigenvalue weighted by atomic mass is 79.9. The van der Waals surface area contributed by atoms with Crippen LogP contribution in [0.4, 0.5) is 5.69 Å². The van der Waals surface area contributed by atoms with Crippen LogP contribution in [0.3, 0.4) is 0 Å². The number of hydrogen-bond acceptors (Lipinski definition) is 6. The SMILES string of the molecule is CCCCCOc1cc(CNc2c(OCCC)n[nH]c(=O)c2Br)ccc1OC. The Morgan fingerprint density at radius 2 is 1.93 bits per heavy atom. The normalized spacial score (nSPS) is 10.6. The minimum Gasteiger partial charge on any atom is -0.493 e. The van der Waals surface area contributed by atoms with E-state index in [1.807, 2.05) is 25.1 Å². The largest absolute Gasteiger partial charge is 0.493 e. The molecule has 0 radical (unpaired) electrons. The van der Waals surface area contributed by atoms with E-state index in [9.17, 15) is 4.79 Å². The molecular formula is C20H28BrN3O4. The molecule has 0 aliphatic carbocycles. The van der Waals surface area contributed by atoms with Gasteiger partial charge in [0.15, 0.2) is 11.5 Å². The van der Waals surface area contributed by atoms with Gasteiger partial charge in [-0.25, -0.2) is 5.10 Å². The molecule has 2 N–H and O–H groups in total. The van der Waals surface area contributed by atoms with E-state index in [0.29, 0.717) is 47.3 Å². The lowest BCUT2D eigenvalue weighted by Gasteiger charge is -2.15. The summed E-state index contributed by atoms with van der Waals surface area (Å²) >= 11 is 3.31. The van der Waals surface area contributed by atoms with Crippen LogP contribution in [0, 0.1) is 0 Å². The molecule has 0 spiro atoms. The maximum absolute atomic E-state index is 11.9. The Hall–Kier alpha value is -2.22. The Morgan fingerprint density at radius 3 is 2.64 bits per heavy atom. The lowest BCUT2D eigenvalue weighted by molar-refractivity contribution is 0.285. The predicted octanol–water partition coefficient (Wildman–Crippen LogP) is 4.51. The Kier molecular flexibility index (Phi) is 9.13. The van der Waals surface area contributed by atoms with Crippen molar-refractivity contribution in [2.75, 3.05) is 25.6 Å². The molecule has 1 aromatic heterocycles. The molecular weight excluding hydrogens is 426 g/mol. The fourth-order valence-electron chi connectivity index (χ4n) is 2.54. The van der Waals surface area contributed by atoms with E-state index in [-0.39, 0.29) is 5.56 Å². The van der Waals surface area contributed by atoms with Gasteiger partial charge in [-0.1, -0.05) is 32.8 Å². The topological polar surface area (TPSA) is 85.5 Å². The van der Waals surface area contributed by atoms with Crippen LogP contribution in [0.25, 0.3) is 0 Å². The van der Waals surface area contributed by atoms with Crippen molar-refractivity contribution < 1.29 is 14.2 Å². The molecule has 28 heavy (non-hydrogen) atoms. The van der Waals surface area contributed by atoms with E-state index in [2.05, 4.69) is 38.4 Å². The number of H-pyrrole nitrogens is 1. The molecule has 0 amide bonds. The fraction of sp³-hybridized carbons (Fsp3) is 0.500. The summed E-state index contributed by atoms with van der Waals surface area (Å²) in [6.07, 6.45) is 4.13. The number of aromatic amines is 1. The zero-order valence-corrected chi connectivity index (χ0v) is 18.2. The summed E-state index contributed by atoms with van der Waals surface area (Å²) in [7, 11) is 1.63. The third-order valence-electron chi connectivity index (χ3n) is 4.04. The quantitative estimate of drug-likeness (QED) is 0.459. The van der Waals surface area contributed by atoms with Gasteiger partial charge in [-0.3, -0.25) is 4.79 Å². The molecule has 0 aliphatic rings. The van der Waals surface area contributed by atoms with Crippen molar-refractivity contribution >= 4 is 21.6 Å². The second-order valence-corrected chi connectivity index (χ2v) is 7.08. The molecule has 1 aromatic carbocycles. The number of halogens is 1. The fourth-order valence-corrected chi connectivity index (χ4v) is 2.94. The molecule has 2 rings (SSSR count). The second kappa shape index (κ2) is 11.6. The molecule has 0 saturated carbocycles.